The fourth-order valence-corrected chi connectivity index (χ4v) is 2.87. The van der Waals surface area contributed by atoms with Gasteiger partial charge in [0.2, 0.25) is 0 Å². The molecule has 1 atom stereocenters. The zero-order valence-electron chi connectivity index (χ0n) is 11.8. The van der Waals surface area contributed by atoms with Crippen molar-refractivity contribution < 1.29 is 9.21 Å². The Labute approximate surface area is 128 Å². The number of rotatable bonds is 2. The molecule has 110 valence electrons. The second-order valence-electron chi connectivity index (χ2n) is 5.26. The standard InChI is InChI=1S/C16H17ClN2O2/c1-11-6-7-12(17)10-13(11)18-16(20)19-8-2-4-14(19)15-5-3-9-21-15/h3,5-7,9-10,14H,2,4,8H2,1H3,(H,18,20)/t14-/m1/s1. The number of benzene rings is 1. The number of furan rings is 1. The van der Waals surface area contributed by atoms with E-state index in [9.17, 15) is 4.79 Å². The smallest absolute Gasteiger partial charge is 0.322 e. The molecule has 1 aliphatic heterocycles. The fraction of sp³-hybridized carbons (Fsp3) is 0.312. The van der Waals surface area contributed by atoms with Crippen LogP contribution in [0.2, 0.25) is 5.02 Å². The maximum absolute atomic E-state index is 12.5. The van der Waals surface area contributed by atoms with Crippen LogP contribution in [0.1, 0.15) is 30.2 Å². The van der Waals surface area contributed by atoms with Crippen LogP contribution in [0, 0.1) is 6.92 Å². The van der Waals surface area contributed by atoms with Crippen LogP contribution in [0.3, 0.4) is 0 Å². The van der Waals surface area contributed by atoms with E-state index in [1.165, 1.54) is 0 Å². The van der Waals surface area contributed by atoms with Gasteiger partial charge in [-0.2, -0.15) is 0 Å². The number of aryl methyl sites for hydroxylation is 1. The summed E-state index contributed by atoms with van der Waals surface area (Å²) >= 11 is 5.99. The number of nitrogens with one attached hydrogen (secondary N) is 1. The van der Waals surface area contributed by atoms with Crippen molar-refractivity contribution in [3.63, 3.8) is 0 Å². The first-order chi connectivity index (χ1) is 10.1. The molecular formula is C16H17ClN2O2. The normalized spacial score (nSPS) is 18.0. The van der Waals surface area contributed by atoms with Crippen LogP contribution in [-0.4, -0.2) is 17.5 Å². The molecule has 2 heterocycles. The molecule has 1 aromatic carbocycles. The van der Waals surface area contributed by atoms with Crippen molar-refractivity contribution in [1.29, 1.82) is 0 Å². The van der Waals surface area contributed by atoms with E-state index in [-0.39, 0.29) is 12.1 Å². The van der Waals surface area contributed by atoms with Gasteiger partial charge in [-0.05, 0) is 49.6 Å². The number of hydrogen-bond donors (Lipinski definition) is 1. The fourth-order valence-electron chi connectivity index (χ4n) is 2.70. The van der Waals surface area contributed by atoms with E-state index in [0.717, 1.165) is 36.4 Å². The lowest BCUT2D eigenvalue weighted by atomic mass is 10.1. The second-order valence-corrected chi connectivity index (χ2v) is 5.69. The quantitative estimate of drug-likeness (QED) is 0.880. The Morgan fingerprint density at radius 1 is 1.43 bits per heavy atom. The third-order valence-corrected chi connectivity index (χ3v) is 4.06. The first kappa shape index (κ1) is 14.0. The number of likely N-dealkylation sites (tertiary alicyclic amines) is 1. The van der Waals surface area contributed by atoms with Crippen molar-refractivity contribution in [3.8, 4) is 0 Å². The lowest BCUT2D eigenvalue weighted by molar-refractivity contribution is 0.200. The van der Waals surface area contributed by atoms with Crippen LogP contribution in [0.4, 0.5) is 10.5 Å². The molecule has 0 unspecified atom stereocenters. The first-order valence-electron chi connectivity index (χ1n) is 7.02. The van der Waals surface area contributed by atoms with Gasteiger partial charge in [-0.1, -0.05) is 17.7 Å². The zero-order valence-corrected chi connectivity index (χ0v) is 12.6. The molecule has 0 saturated carbocycles. The summed E-state index contributed by atoms with van der Waals surface area (Å²) in [6.07, 6.45) is 3.55. The van der Waals surface area contributed by atoms with Gasteiger partial charge in [-0.3, -0.25) is 0 Å². The van der Waals surface area contributed by atoms with E-state index in [4.69, 9.17) is 16.0 Å². The number of carbonyl (C=O) groups is 1. The maximum Gasteiger partial charge on any atom is 0.322 e. The molecule has 1 fully saturated rings. The largest absolute Gasteiger partial charge is 0.467 e. The Kier molecular flexibility index (Phi) is 3.88. The monoisotopic (exact) mass is 304 g/mol. The van der Waals surface area contributed by atoms with E-state index in [1.54, 1.807) is 12.3 Å². The highest BCUT2D eigenvalue weighted by molar-refractivity contribution is 6.31. The third kappa shape index (κ3) is 2.90. The molecule has 5 heteroatoms. The van der Waals surface area contributed by atoms with Gasteiger partial charge < -0.3 is 14.6 Å². The van der Waals surface area contributed by atoms with Gasteiger partial charge >= 0.3 is 6.03 Å². The Morgan fingerprint density at radius 3 is 3.05 bits per heavy atom. The Balaban J connectivity index is 1.77. The predicted octanol–water partition coefficient (Wildman–Crippen LogP) is 4.61. The molecule has 21 heavy (non-hydrogen) atoms. The highest BCUT2D eigenvalue weighted by Crippen LogP contribution is 2.33. The van der Waals surface area contributed by atoms with Crippen LogP contribution in [0.25, 0.3) is 0 Å². The summed E-state index contributed by atoms with van der Waals surface area (Å²) in [6, 6.07) is 9.15. The first-order valence-corrected chi connectivity index (χ1v) is 7.40. The molecular weight excluding hydrogens is 288 g/mol. The number of carbonyl (C=O) groups excluding carboxylic acids is 1. The summed E-state index contributed by atoms with van der Waals surface area (Å²) in [4.78, 5) is 14.3. The summed E-state index contributed by atoms with van der Waals surface area (Å²) in [5.41, 5.74) is 1.74. The van der Waals surface area contributed by atoms with Crippen LogP contribution in [0.15, 0.2) is 41.0 Å². The van der Waals surface area contributed by atoms with Crippen molar-refractivity contribution in [2.75, 3.05) is 11.9 Å². The minimum absolute atomic E-state index is 0.0134. The van der Waals surface area contributed by atoms with Gasteiger partial charge in [0.05, 0.1) is 12.3 Å². The molecule has 0 radical (unpaired) electrons. The number of hydrogen-bond acceptors (Lipinski definition) is 2. The molecule has 1 aromatic heterocycles. The third-order valence-electron chi connectivity index (χ3n) is 3.83. The summed E-state index contributed by atoms with van der Waals surface area (Å²) in [7, 11) is 0. The van der Waals surface area contributed by atoms with Gasteiger partial charge in [0.1, 0.15) is 5.76 Å². The maximum atomic E-state index is 12.5. The predicted molar refractivity (Wildman–Crippen MR) is 82.6 cm³/mol. The van der Waals surface area contributed by atoms with E-state index >= 15 is 0 Å². The summed E-state index contributed by atoms with van der Waals surface area (Å²) in [6.45, 7) is 2.68. The van der Waals surface area contributed by atoms with E-state index in [1.807, 2.05) is 36.1 Å². The molecule has 1 N–H and O–H groups in total. The van der Waals surface area contributed by atoms with Crippen LogP contribution < -0.4 is 5.32 Å². The number of anilines is 1. The average Bonchev–Trinajstić information content (AvgIpc) is 3.12. The van der Waals surface area contributed by atoms with Crippen LogP contribution in [0.5, 0.6) is 0 Å². The average molecular weight is 305 g/mol. The van der Waals surface area contributed by atoms with Gasteiger partial charge in [-0.15, -0.1) is 0 Å². The lowest BCUT2D eigenvalue weighted by Crippen LogP contribution is -2.34. The summed E-state index contributed by atoms with van der Waals surface area (Å²) < 4.78 is 5.45. The van der Waals surface area contributed by atoms with Crippen molar-refractivity contribution in [3.05, 3.63) is 52.9 Å². The molecule has 0 bridgehead atoms. The van der Waals surface area contributed by atoms with Gasteiger partial charge in [0.25, 0.3) is 0 Å². The van der Waals surface area contributed by atoms with E-state index in [2.05, 4.69) is 5.32 Å². The molecule has 1 aliphatic rings. The number of amides is 2. The molecule has 1 saturated heterocycles. The van der Waals surface area contributed by atoms with Crippen LogP contribution in [-0.2, 0) is 0 Å². The highest BCUT2D eigenvalue weighted by Gasteiger charge is 2.31. The Bertz CT molecular complexity index is 640. The Morgan fingerprint density at radius 2 is 2.29 bits per heavy atom. The van der Waals surface area contributed by atoms with Crippen molar-refractivity contribution in [2.24, 2.45) is 0 Å². The topological polar surface area (TPSA) is 45.5 Å². The molecule has 0 aliphatic carbocycles. The summed E-state index contributed by atoms with van der Waals surface area (Å²) in [5, 5.41) is 3.56. The van der Waals surface area contributed by atoms with Gasteiger partial charge in [0.15, 0.2) is 0 Å². The number of urea groups is 1. The molecule has 4 nitrogen and oxygen atoms in total. The zero-order chi connectivity index (χ0) is 14.8. The van der Waals surface area contributed by atoms with Crippen molar-refractivity contribution >= 4 is 23.3 Å². The van der Waals surface area contributed by atoms with Gasteiger partial charge in [0, 0.05) is 17.3 Å². The minimum atomic E-state index is -0.112. The van der Waals surface area contributed by atoms with Crippen LogP contribution >= 0.6 is 11.6 Å². The Hall–Kier alpha value is -1.94. The van der Waals surface area contributed by atoms with Crippen molar-refractivity contribution in [2.45, 2.75) is 25.8 Å². The molecule has 0 spiro atoms. The summed E-state index contributed by atoms with van der Waals surface area (Å²) in [5.74, 6) is 0.838. The molecule has 2 aromatic rings. The van der Waals surface area contributed by atoms with E-state index in [0.29, 0.717) is 5.02 Å². The van der Waals surface area contributed by atoms with Crippen molar-refractivity contribution in [1.82, 2.24) is 4.90 Å². The second kappa shape index (κ2) is 5.82. The molecule has 3 rings (SSSR count). The SMILES string of the molecule is Cc1ccc(Cl)cc1NC(=O)N1CCC[C@@H]1c1ccco1. The number of halogens is 1. The molecule has 2 amide bonds. The van der Waals surface area contributed by atoms with Gasteiger partial charge in [-0.25, -0.2) is 4.79 Å². The highest BCUT2D eigenvalue weighted by atomic mass is 35.5. The number of nitrogens with zero attached hydrogens (tertiary/aromatic N) is 1. The lowest BCUT2D eigenvalue weighted by Gasteiger charge is -2.24. The van der Waals surface area contributed by atoms with E-state index < -0.39 is 0 Å². The minimum Gasteiger partial charge on any atom is -0.467 e.